The molecular weight excluding hydrogens is 208 g/mol. The molecule has 0 aliphatic rings. The minimum absolute atomic E-state index is 0.454. The minimum atomic E-state index is 0.454. The Morgan fingerprint density at radius 1 is 1.00 bits per heavy atom. The molecule has 0 amide bonds. The first-order chi connectivity index (χ1) is 8.31. The van der Waals surface area contributed by atoms with E-state index in [0.29, 0.717) is 6.42 Å². The number of benzene rings is 2. The Morgan fingerprint density at radius 3 is 2.41 bits per heavy atom. The van der Waals surface area contributed by atoms with Crippen LogP contribution < -0.4 is 0 Å². The molecule has 17 heavy (non-hydrogen) atoms. The van der Waals surface area contributed by atoms with Gasteiger partial charge >= 0.3 is 0 Å². The molecule has 0 saturated heterocycles. The quantitative estimate of drug-likeness (QED) is 0.724. The van der Waals surface area contributed by atoms with Crippen LogP contribution in [-0.4, -0.2) is 6.29 Å². The van der Waals surface area contributed by atoms with E-state index in [-0.39, 0.29) is 0 Å². The van der Waals surface area contributed by atoms with Gasteiger partial charge in [0.15, 0.2) is 0 Å². The first-order valence-electron chi connectivity index (χ1n) is 5.58. The Kier molecular flexibility index (Phi) is 3.51. The standard InChI is InChI=1S/C16H14O/c1-13(15-7-3-2-4-8-15)16-9-5-6-14(12-16)10-11-17/h2-9,11-12H,1,10H2. The van der Waals surface area contributed by atoms with Gasteiger partial charge in [-0.2, -0.15) is 0 Å². The third-order valence-electron chi connectivity index (χ3n) is 2.72. The van der Waals surface area contributed by atoms with Gasteiger partial charge in [-0.15, -0.1) is 0 Å². The molecule has 0 aliphatic carbocycles. The third-order valence-corrected chi connectivity index (χ3v) is 2.72. The average Bonchev–Trinajstić information content (AvgIpc) is 2.40. The Labute approximate surface area is 101 Å². The van der Waals surface area contributed by atoms with E-state index < -0.39 is 0 Å². The Morgan fingerprint density at radius 2 is 1.71 bits per heavy atom. The van der Waals surface area contributed by atoms with Crippen molar-refractivity contribution in [2.24, 2.45) is 0 Å². The zero-order valence-electron chi connectivity index (χ0n) is 9.60. The summed E-state index contributed by atoms with van der Waals surface area (Å²) in [5, 5.41) is 0. The van der Waals surface area contributed by atoms with Crippen molar-refractivity contribution in [2.75, 3.05) is 0 Å². The summed E-state index contributed by atoms with van der Waals surface area (Å²) in [6.07, 6.45) is 1.38. The normalized spacial score (nSPS) is 9.88. The number of hydrogen-bond acceptors (Lipinski definition) is 1. The maximum absolute atomic E-state index is 10.5. The highest BCUT2D eigenvalue weighted by Gasteiger charge is 2.02. The second kappa shape index (κ2) is 5.26. The summed E-state index contributed by atoms with van der Waals surface area (Å²) in [5.74, 6) is 0. The van der Waals surface area contributed by atoms with Crippen LogP contribution in [-0.2, 0) is 11.2 Å². The first-order valence-corrected chi connectivity index (χ1v) is 5.58. The van der Waals surface area contributed by atoms with Gasteiger partial charge in [0.2, 0.25) is 0 Å². The maximum Gasteiger partial charge on any atom is 0.124 e. The second-order valence-corrected chi connectivity index (χ2v) is 3.92. The monoisotopic (exact) mass is 222 g/mol. The molecule has 0 saturated carbocycles. The number of hydrogen-bond donors (Lipinski definition) is 0. The van der Waals surface area contributed by atoms with Gasteiger partial charge in [-0.25, -0.2) is 0 Å². The van der Waals surface area contributed by atoms with Crippen LogP contribution in [0.3, 0.4) is 0 Å². The minimum Gasteiger partial charge on any atom is -0.303 e. The molecule has 2 aromatic rings. The molecule has 2 rings (SSSR count). The molecular formula is C16H14O. The largest absolute Gasteiger partial charge is 0.303 e. The van der Waals surface area contributed by atoms with Crippen LogP contribution in [0.1, 0.15) is 16.7 Å². The highest BCUT2D eigenvalue weighted by molar-refractivity contribution is 5.78. The van der Waals surface area contributed by atoms with Gasteiger partial charge in [-0.05, 0) is 22.3 Å². The Balaban J connectivity index is 2.31. The molecule has 0 aliphatic heterocycles. The topological polar surface area (TPSA) is 17.1 Å². The van der Waals surface area contributed by atoms with Crippen molar-refractivity contribution < 1.29 is 4.79 Å². The Bertz CT molecular complexity index is 526. The first kappa shape index (κ1) is 11.3. The van der Waals surface area contributed by atoms with E-state index in [1.54, 1.807) is 0 Å². The average molecular weight is 222 g/mol. The summed E-state index contributed by atoms with van der Waals surface area (Å²) in [5.41, 5.74) is 4.18. The smallest absolute Gasteiger partial charge is 0.124 e. The van der Waals surface area contributed by atoms with Crippen molar-refractivity contribution in [3.05, 3.63) is 77.9 Å². The zero-order chi connectivity index (χ0) is 12.1. The summed E-state index contributed by atoms with van der Waals surface area (Å²) in [6.45, 7) is 4.11. The molecule has 0 N–H and O–H groups in total. The molecule has 1 nitrogen and oxygen atoms in total. The van der Waals surface area contributed by atoms with E-state index in [9.17, 15) is 4.79 Å². The summed E-state index contributed by atoms with van der Waals surface area (Å²) in [4.78, 5) is 10.5. The van der Waals surface area contributed by atoms with Gasteiger partial charge in [0.25, 0.3) is 0 Å². The van der Waals surface area contributed by atoms with Crippen LogP contribution in [0, 0.1) is 0 Å². The lowest BCUT2D eigenvalue weighted by Gasteiger charge is -2.07. The molecule has 0 radical (unpaired) electrons. The van der Waals surface area contributed by atoms with E-state index in [4.69, 9.17) is 0 Å². The summed E-state index contributed by atoms with van der Waals surface area (Å²) >= 11 is 0. The fourth-order valence-electron chi connectivity index (χ4n) is 1.79. The van der Waals surface area contributed by atoms with Gasteiger partial charge in [-0.1, -0.05) is 61.2 Å². The van der Waals surface area contributed by atoms with E-state index in [2.05, 4.69) is 6.58 Å². The van der Waals surface area contributed by atoms with Crippen molar-refractivity contribution in [3.63, 3.8) is 0 Å². The van der Waals surface area contributed by atoms with Crippen LogP contribution >= 0.6 is 0 Å². The molecule has 0 bridgehead atoms. The third kappa shape index (κ3) is 2.70. The molecule has 1 heteroatoms. The lowest BCUT2D eigenvalue weighted by Crippen LogP contribution is -1.90. The molecule has 0 aromatic heterocycles. The van der Waals surface area contributed by atoms with Crippen LogP contribution in [0.5, 0.6) is 0 Å². The predicted molar refractivity (Wildman–Crippen MR) is 70.8 cm³/mol. The predicted octanol–water partition coefficient (Wildman–Crippen LogP) is 3.49. The summed E-state index contributed by atoms with van der Waals surface area (Å²) < 4.78 is 0. The van der Waals surface area contributed by atoms with Crippen LogP contribution in [0.25, 0.3) is 5.57 Å². The molecule has 0 unspecified atom stereocenters. The lowest BCUT2D eigenvalue weighted by atomic mass is 9.97. The van der Waals surface area contributed by atoms with Gasteiger partial charge in [-0.3, -0.25) is 0 Å². The number of carbonyl (C=O) groups is 1. The summed E-state index contributed by atoms with van der Waals surface area (Å²) in [6, 6.07) is 18.0. The maximum atomic E-state index is 10.5. The van der Waals surface area contributed by atoms with E-state index in [1.165, 1.54) is 0 Å². The second-order valence-electron chi connectivity index (χ2n) is 3.92. The van der Waals surface area contributed by atoms with Crippen molar-refractivity contribution in [1.82, 2.24) is 0 Å². The van der Waals surface area contributed by atoms with Crippen molar-refractivity contribution in [1.29, 1.82) is 0 Å². The van der Waals surface area contributed by atoms with Crippen molar-refractivity contribution in [3.8, 4) is 0 Å². The fraction of sp³-hybridized carbons (Fsp3) is 0.0625. The highest BCUT2D eigenvalue weighted by atomic mass is 16.1. The van der Waals surface area contributed by atoms with Gasteiger partial charge in [0, 0.05) is 6.42 Å². The van der Waals surface area contributed by atoms with Crippen LogP contribution in [0.15, 0.2) is 61.2 Å². The SMILES string of the molecule is C=C(c1ccccc1)c1cccc(CC=O)c1. The van der Waals surface area contributed by atoms with E-state index >= 15 is 0 Å². The lowest BCUT2D eigenvalue weighted by molar-refractivity contribution is -0.107. The van der Waals surface area contributed by atoms with Crippen molar-refractivity contribution >= 4 is 11.9 Å². The van der Waals surface area contributed by atoms with Gasteiger partial charge in [0.1, 0.15) is 6.29 Å². The van der Waals surface area contributed by atoms with Gasteiger partial charge in [0.05, 0.1) is 0 Å². The molecule has 84 valence electrons. The van der Waals surface area contributed by atoms with E-state index in [1.807, 2.05) is 54.6 Å². The number of carbonyl (C=O) groups excluding carboxylic acids is 1. The molecule has 0 atom stereocenters. The number of rotatable bonds is 4. The van der Waals surface area contributed by atoms with Crippen molar-refractivity contribution in [2.45, 2.75) is 6.42 Å². The number of aldehydes is 1. The van der Waals surface area contributed by atoms with Crippen LogP contribution in [0.4, 0.5) is 0 Å². The summed E-state index contributed by atoms with van der Waals surface area (Å²) in [7, 11) is 0. The molecule has 0 fully saturated rings. The molecule has 2 aromatic carbocycles. The van der Waals surface area contributed by atoms with Crippen LogP contribution in [0.2, 0.25) is 0 Å². The van der Waals surface area contributed by atoms with E-state index in [0.717, 1.165) is 28.5 Å². The Hall–Kier alpha value is -2.15. The highest BCUT2D eigenvalue weighted by Crippen LogP contribution is 2.21. The van der Waals surface area contributed by atoms with Gasteiger partial charge < -0.3 is 4.79 Å². The fourth-order valence-corrected chi connectivity index (χ4v) is 1.79. The molecule has 0 spiro atoms. The zero-order valence-corrected chi connectivity index (χ0v) is 9.60. The molecule has 0 heterocycles.